The van der Waals surface area contributed by atoms with Crippen molar-refractivity contribution in [3.8, 4) is 11.1 Å². The molecule has 12 aromatic rings. The van der Waals surface area contributed by atoms with E-state index in [4.69, 9.17) is 5.73 Å². The molecule has 0 fully saturated rings. The van der Waals surface area contributed by atoms with Crippen LogP contribution < -0.4 is 16.7 Å². The average molecular weight is 763 g/mol. The van der Waals surface area contributed by atoms with Crippen LogP contribution in [-0.2, 0) is 12.8 Å². The molecule has 0 saturated carbocycles. The SMILES string of the molecule is CCC1=C(N)C(c2c3c(c4c5cccc6c7ccccc7n(c4c2C)c65)Cc2c4c(cc5c2c2cccc6c7ccccc7n5c62)Cc2cccc-3c2[B]4)c2ccccc21. The average Bonchev–Trinajstić information content (AvgIpc) is 4.06. The van der Waals surface area contributed by atoms with E-state index in [0.29, 0.717) is 0 Å². The second-order valence-corrected chi connectivity index (χ2v) is 17.7. The van der Waals surface area contributed by atoms with Crippen molar-refractivity contribution in [2.24, 2.45) is 5.73 Å². The Kier molecular flexibility index (Phi) is 5.72. The Labute approximate surface area is 346 Å². The van der Waals surface area contributed by atoms with Gasteiger partial charge >= 0.3 is 0 Å². The summed E-state index contributed by atoms with van der Waals surface area (Å²) in [4.78, 5) is 0. The van der Waals surface area contributed by atoms with Gasteiger partial charge < -0.3 is 14.5 Å². The third kappa shape index (κ3) is 3.53. The number of nitrogens with zero attached hydrogens (tertiary/aromatic N) is 2. The first-order valence-electron chi connectivity index (χ1n) is 21.6. The van der Waals surface area contributed by atoms with E-state index in [1.165, 1.54) is 148 Å². The van der Waals surface area contributed by atoms with E-state index in [1.807, 2.05) is 0 Å². The van der Waals surface area contributed by atoms with Crippen LogP contribution in [0.4, 0.5) is 0 Å². The first-order valence-corrected chi connectivity index (χ1v) is 21.6. The third-order valence-electron chi connectivity index (χ3n) is 15.2. The van der Waals surface area contributed by atoms with Crippen LogP contribution in [0.25, 0.3) is 92.9 Å². The number of allylic oxidation sites excluding steroid dienone is 2. The summed E-state index contributed by atoms with van der Waals surface area (Å²) in [5, 5.41) is 10.7. The Morgan fingerprint density at radius 3 is 1.98 bits per heavy atom. The molecule has 1 radical (unpaired) electrons. The van der Waals surface area contributed by atoms with E-state index in [2.05, 4.69) is 163 Å². The fraction of sp³-hybridized carbons (Fsp3) is 0.107. The molecule has 4 aromatic heterocycles. The van der Waals surface area contributed by atoms with Gasteiger partial charge in [0.25, 0.3) is 0 Å². The Balaban J connectivity index is 1.19. The van der Waals surface area contributed by atoms with Gasteiger partial charge in [-0.25, -0.2) is 0 Å². The maximum Gasteiger partial charge on any atom is 0.193 e. The minimum atomic E-state index is -0.0625. The van der Waals surface area contributed by atoms with Crippen molar-refractivity contribution in [1.82, 2.24) is 8.80 Å². The number of benzene rings is 8. The lowest BCUT2D eigenvalue weighted by Crippen LogP contribution is -2.42. The Morgan fingerprint density at radius 1 is 0.567 bits per heavy atom. The highest BCUT2D eigenvalue weighted by Crippen LogP contribution is 2.54. The van der Waals surface area contributed by atoms with E-state index in [0.717, 1.165) is 25.0 Å². The van der Waals surface area contributed by atoms with Gasteiger partial charge in [0.2, 0.25) is 0 Å². The summed E-state index contributed by atoms with van der Waals surface area (Å²) < 4.78 is 5.19. The summed E-state index contributed by atoms with van der Waals surface area (Å²) in [5.41, 5.74) is 34.1. The standard InChI is InChI=1S/C56H37BN3/c1-3-31-32-14-4-5-17-35(32)50(53(31)58)46-28(2)54-49(40-22-12-19-37-34-16-7-9-24-44(34)60(54)56(37)40)41-27-42-47-39-21-11-18-36-33-15-6-8-23-43(33)59(55(36)39)45(47)26-30-25-29-13-10-20-38(48(41)46)51(29)57-52(30)42/h4-24,26,50H,3,25,27,58H2,1-2H3. The molecule has 0 amide bonds. The topological polar surface area (TPSA) is 34.8 Å². The molecule has 0 spiro atoms. The first-order chi connectivity index (χ1) is 29.6. The number of rotatable bonds is 2. The second-order valence-electron chi connectivity index (χ2n) is 17.7. The van der Waals surface area contributed by atoms with Crippen LogP contribution in [0.1, 0.15) is 63.8 Å². The van der Waals surface area contributed by atoms with Gasteiger partial charge in [-0.3, -0.25) is 0 Å². The Bertz CT molecular complexity index is 3990. The molecule has 3 nitrogen and oxygen atoms in total. The zero-order valence-corrected chi connectivity index (χ0v) is 33.4. The third-order valence-corrected chi connectivity index (χ3v) is 15.2. The van der Waals surface area contributed by atoms with Crippen LogP contribution in [0.15, 0.2) is 139 Å². The maximum atomic E-state index is 7.56. The molecule has 8 aromatic carbocycles. The van der Waals surface area contributed by atoms with Crippen LogP contribution in [-0.4, -0.2) is 16.1 Å². The molecule has 0 saturated heterocycles. The largest absolute Gasteiger partial charge is 0.401 e. The molecule has 15 rings (SSSR count). The van der Waals surface area contributed by atoms with Gasteiger partial charge in [-0.1, -0.05) is 133 Å². The lowest BCUT2D eigenvalue weighted by Gasteiger charge is -2.32. The van der Waals surface area contributed by atoms with Crippen molar-refractivity contribution >= 4 is 100.0 Å². The van der Waals surface area contributed by atoms with Crippen LogP contribution >= 0.6 is 0 Å². The van der Waals surface area contributed by atoms with Gasteiger partial charge in [0.15, 0.2) is 7.28 Å². The molecule has 1 atom stereocenters. The zero-order chi connectivity index (χ0) is 39.3. The number of aryl methyl sites for hydroxylation is 1. The fourth-order valence-corrected chi connectivity index (χ4v) is 13.0. The van der Waals surface area contributed by atoms with Crippen molar-refractivity contribution in [1.29, 1.82) is 0 Å². The Morgan fingerprint density at radius 2 is 1.20 bits per heavy atom. The number of hydrogen-bond acceptors (Lipinski definition) is 1. The van der Waals surface area contributed by atoms with Crippen molar-refractivity contribution in [3.63, 3.8) is 0 Å². The van der Waals surface area contributed by atoms with Crippen molar-refractivity contribution in [3.05, 3.63) is 184 Å². The fourth-order valence-electron chi connectivity index (χ4n) is 13.0. The Hall–Kier alpha value is -7.04. The van der Waals surface area contributed by atoms with Crippen LogP contribution in [0.3, 0.4) is 0 Å². The van der Waals surface area contributed by atoms with E-state index in [-0.39, 0.29) is 5.92 Å². The highest BCUT2D eigenvalue weighted by Gasteiger charge is 2.39. The normalized spacial score (nSPS) is 15.7. The molecule has 1 aliphatic carbocycles. The monoisotopic (exact) mass is 762 g/mol. The lowest BCUT2D eigenvalue weighted by atomic mass is 9.51. The summed E-state index contributed by atoms with van der Waals surface area (Å²) >= 11 is 0. The molecule has 2 bridgehead atoms. The van der Waals surface area contributed by atoms with Crippen molar-refractivity contribution in [2.75, 3.05) is 0 Å². The number of aromatic nitrogens is 2. The van der Waals surface area contributed by atoms with Crippen LogP contribution in [0.5, 0.6) is 0 Å². The van der Waals surface area contributed by atoms with Crippen molar-refractivity contribution < 1.29 is 0 Å². The summed E-state index contributed by atoms with van der Waals surface area (Å²) in [6.45, 7) is 4.67. The quantitative estimate of drug-likeness (QED) is 0.175. The summed E-state index contributed by atoms with van der Waals surface area (Å²) in [7, 11) is 2.57. The van der Waals surface area contributed by atoms with Gasteiger partial charge in [-0.15, -0.1) is 0 Å². The summed E-state index contributed by atoms with van der Waals surface area (Å²) in [6.07, 6.45) is 2.62. The maximum absolute atomic E-state index is 7.56. The minimum Gasteiger partial charge on any atom is -0.401 e. The summed E-state index contributed by atoms with van der Waals surface area (Å²) in [5.74, 6) is -0.0625. The van der Waals surface area contributed by atoms with Gasteiger partial charge in [-0.05, 0) is 106 Å². The molecule has 3 aliphatic rings. The number of fused-ring (bicyclic) bond motifs is 17. The summed E-state index contributed by atoms with van der Waals surface area (Å²) in [6, 6.07) is 50.6. The van der Waals surface area contributed by atoms with Gasteiger partial charge in [0, 0.05) is 48.8 Å². The van der Waals surface area contributed by atoms with Crippen LogP contribution in [0, 0.1) is 6.92 Å². The molecule has 2 aliphatic heterocycles. The first kappa shape index (κ1) is 31.9. The molecule has 1 unspecified atom stereocenters. The second kappa shape index (κ2) is 10.8. The smallest absolute Gasteiger partial charge is 0.193 e. The highest BCUT2D eigenvalue weighted by molar-refractivity contribution is 6.71. The molecule has 60 heavy (non-hydrogen) atoms. The van der Waals surface area contributed by atoms with Gasteiger partial charge in [-0.2, -0.15) is 0 Å². The molecule has 4 heteroatoms. The lowest BCUT2D eigenvalue weighted by molar-refractivity contribution is 0.941. The van der Waals surface area contributed by atoms with E-state index in [1.54, 1.807) is 0 Å². The molecule has 279 valence electrons. The van der Waals surface area contributed by atoms with Gasteiger partial charge in [0.1, 0.15) is 0 Å². The van der Waals surface area contributed by atoms with Gasteiger partial charge in [0.05, 0.1) is 39.0 Å². The van der Waals surface area contributed by atoms with Crippen LogP contribution in [0.2, 0.25) is 0 Å². The predicted octanol–water partition coefficient (Wildman–Crippen LogP) is 11.7. The number of hydrogen-bond donors (Lipinski definition) is 1. The van der Waals surface area contributed by atoms with Crippen molar-refractivity contribution in [2.45, 2.75) is 39.0 Å². The van der Waals surface area contributed by atoms with E-state index >= 15 is 0 Å². The van der Waals surface area contributed by atoms with E-state index in [9.17, 15) is 0 Å². The molecular weight excluding hydrogens is 725 g/mol. The molecular formula is C56H37BN3. The number of nitrogens with two attached hydrogens (primary N) is 1. The predicted molar refractivity (Wildman–Crippen MR) is 253 cm³/mol. The molecule has 2 N–H and O–H groups in total. The minimum absolute atomic E-state index is 0.0625. The highest BCUT2D eigenvalue weighted by atomic mass is 14.9. The number of para-hydroxylation sites is 4. The van der Waals surface area contributed by atoms with E-state index < -0.39 is 0 Å². The molecule has 6 heterocycles. The zero-order valence-electron chi connectivity index (χ0n) is 33.4.